The zero-order valence-electron chi connectivity index (χ0n) is 78.2. The van der Waals surface area contributed by atoms with E-state index >= 15 is 0 Å². The van der Waals surface area contributed by atoms with Crippen molar-refractivity contribution in [2.45, 2.75) is 127 Å². The molecule has 1 spiro atoms. The number of allylic oxidation sites excluding steroid dienone is 13. The molecule has 4 N–H and O–H groups in total. The number of hydrogen-bond donors (Lipinski definition) is 4. The molecule has 1 saturated carbocycles. The van der Waals surface area contributed by atoms with Crippen molar-refractivity contribution in [1.29, 1.82) is 0 Å². The number of nitrogens with one attached hydrogen (secondary N) is 1. The van der Waals surface area contributed by atoms with Crippen LogP contribution >= 0.6 is 0 Å². The number of non-ortho nitro benzene ring substituents is 5. The molecule has 3 unspecified atom stereocenters. The second-order valence-corrected chi connectivity index (χ2v) is 35.8. The predicted molar refractivity (Wildman–Crippen MR) is 527 cm³/mol. The Bertz CT molecular complexity index is 6270. The van der Waals surface area contributed by atoms with Gasteiger partial charge >= 0.3 is 0 Å². The summed E-state index contributed by atoms with van der Waals surface area (Å²) in [5, 5.41) is 96.0. The number of aromatic hydroxyl groups is 3. The molecule has 135 heavy (non-hydrogen) atoms. The van der Waals surface area contributed by atoms with Gasteiger partial charge in [0.2, 0.25) is 22.8 Å². The van der Waals surface area contributed by atoms with Gasteiger partial charge in [0, 0.05) is 204 Å². The van der Waals surface area contributed by atoms with Crippen molar-refractivity contribution in [2.24, 2.45) is 0 Å². The zero-order valence-corrected chi connectivity index (χ0v) is 83.7. The van der Waals surface area contributed by atoms with E-state index in [1.54, 1.807) is 60.7 Å². The number of nitro groups is 5. The molecule has 1 fully saturated rings. The van der Waals surface area contributed by atoms with E-state index in [2.05, 4.69) is 180 Å². The Kier molecular flexibility index (Phi) is 33.1. The monoisotopic (exact) mass is 2080 g/mol. The van der Waals surface area contributed by atoms with Crippen LogP contribution in [0.1, 0.15) is 144 Å². The van der Waals surface area contributed by atoms with E-state index in [1.165, 1.54) is 154 Å². The van der Waals surface area contributed by atoms with Gasteiger partial charge in [-0.15, -0.1) is 5.75 Å². The first-order valence-electron chi connectivity index (χ1n) is 43.6. The first kappa shape index (κ1) is 103. The van der Waals surface area contributed by atoms with E-state index < -0.39 is 25.4 Å². The van der Waals surface area contributed by atoms with E-state index in [9.17, 15) is 71.0 Å². The molecular formula is C108H111N10O15UV+3. The average molecular weight is 2080 g/mol. The van der Waals surface area contributed by atoms with E-state index in [0.29, 0.717) is 33.6 Å². The van der Waals surface area contributed by atoms with Crippen molar-refractivity contribution in [3.63, 3.8) is 0 Å². The van der Waals surface area contributed by atoms with Gasteiger partial charge in [0.15, 0.2) is 17.1 Å². The minimum atomic E-state index is -0.730. The Hall–Kier alpha value is -14.0. The quantitative estimate of drug-likeness (QED) is 0.0285. The molecule has 10 aromatic carbocycles. The van der Waals surface area contributed by atoms with Gasteiger partial charge in [-0.05, 0) is 129 Å². The fourth-order valence-electron chi connectivity index (χ4n) is 18.0. The maximum absolute atomic E-state index is 11.8. The summed E-state index contributed by atoms with van der Waals surface area (Å²) in [5.74, 6) is 0.441. The van der Waals surface area contributed by atoms with Crippen LogP contribution < -0.4 is 19.6 Å². The van der Waals surface area contributed by atoms with Gasteiger partial charge in [0.1, 0.15) is 55.9 Å². The van der Waals surface area contributed by atoms with Crippen molar-refractivity contribution in [3.05, 3.63) is 410 Å². The molecule has 7 aliphatic rings. The maximum Gasteiger partial charge on any atom is 0.270 e. The molecule has 3 atom stereocenters. The number of nitro benzene ring substituents is 5. The first-order chi connectivity index (χ1) is 63.1. The fraction of sp³-hybridized carbons (Fsp3) is 0.231. The Morgan fingerprint density at radius 3 is 1.13 bits per heavy atom. The van der Waals surface area contributed by atoms with Gasteiger partial charge < -0.3 is 30.1 Å². The molecule has 0 bridgehead atoms. The third-order valence-corrected chi connectivity index (χ3v) is 25.5. The van der Waals surface area contributed by atoms with Crippen LogP contribution in [0.3, 0.4) is 0 Å². The minimum Gasteiger partial charge on any atom is -0.872 e. The molecule has 1 aliphatic carbocycles. The van der Waals surface area contributed by atoms with Crippen molar-refractivity contribution in [2.75, 3.05) is 40.1 Å². The topological polar surface area (TPSA) is 325 Å². The zero-order chi connectivity index (χ0) is 96.2. The second kappa shape index (κ2) is 43.3. The number of phenols is 3. The molecule has 0 aromatic heterocycles. The molecule has 10 aromatic rings. The summed E-state index contributed by atoms with van der Waals surface area (Å²) in [4.78, 5) is 55.7. The number of likely N-dealkylation sites (N-methyl/N-ethyl adjacent to an activating group) is 2. The molecular weight excluding hydrogens is 1970 g/mol. The standard InChI is InChI=1S/C21H20N2O3.C21H22N2O3.3C21H20N2O3.C3H6.U.V/c1-20(2)17-9-4-5-10-18(17)22(3)21(20)13-7-6-8-15-14-16(23(24)25)11-12-19(15)26-21;4*1-21(2)17-9-5-6-10-18(17)22(3)20(21)11-7-4-8-15-14-16(23(25)26)12-13-19(15)24;1-2-3-1;;/h4-14H,1-3H3;4-14,20,24H,1-3H3;3*4-14H,1-3H3;1-3H2;;/p+3/b8-6-,13-7-;8-4-,11-7+;;;;;;. The molecule has 27 heteroatoms. The largest absolute Gasteiger partial charge is 0.872 e. The number of ether oxygens (including phenoxy) is 1. The smallest absolute Gasteiger partial charge is 0.270 e. The Labute approximate surface area is 822 Å². The fourth-order valence-corrected chi connectivity index (χ4v) is 18.0. The summed E-state index contributed by atoms with van der Waals surface area (Å²) < 4.78 is 13.1. The molecule has 17 rings (SSSR count). The third kappa shape index (κ3) is 22.4. The van der Waals surface area contributed by atoms with Gasteiger partial charge in [0.25, 0.3) is 28.4 Å². The maximum atomic E-state index is 11.8. The number of fused-ring (bicyclic) bond motifs is 6. The molecule has 0 amide bonds. The summed E-state index contributed by atoms with van der Waals surface area (Å²) in [6, 6.07) is 62.4. The van der Waals surface area contributed by atoms with Crippen LogP contribution in [-0.4, -0.2) is 118 Å². The molecule has 6 aliphatic heterocycles. The van der Waals surface area contributed by atoms with Gasteiger partial charge in [0.05, 0.1) is 58.7 Å². The summed E-state index contributed by atoms with van der Waals surface area (Å²) in [6.45, 7) is 21.9. The third-order valence-electron chi connectivity index (χ3n) is 25.5. The van der Waals surface area contributed by atoms with Gasteiger partial charge in [-0.1, -0.05) is 207 Å². The Morgan fingerprint density at radius 2 is 0.748 bits per heavy atom. The van der Waals surface area contributed by atoms with Crippen LogP contribution in [0.2, 0.25) is 0 Å². The predicted octanol–water partition coefficient (Wildman–Crippen LogP) is 22.3. The van der Waals surface area contributed by atoms with Crippen molar-refractivity contribution in [3.8, 4) is 28.7 Å². The number of rotatable bonds is 17. The summed E-state index contributed by atoms with van der Waals surface area (Å²) >= 11 is 0. The Morgan fingerprint density at radius 1 is 0.415 bits per heavy atom. The number of quaternary nitrogens is 1. The first-order valence-corrected chi connectivity index (χ1v) is 43.6. The molecule has 6 heterocycles. The van der Waals surface area contributed by atoms with Crippen LogP contribution in [0.15, 0.2) is 303 Å². The summed E-state index contributed by atoms with van der Waals surface area (Å²) in [5.41, 5.74) is 16.6. The number of benzene rings is 10. The summed E-state index contributed by atoms with van der Waals surface area (Å²) in [6.07, 6.45) is 41.8. The van der Waals surface area contributed by atoms with Gasteiger partial charge in [-0.2, -0.15) is 13.7 Å². The number of nitrogens with zero attached hydrogens (tertiary/aromatic N) is 9. The molecule has 25 nitrogen and oxygen atoms in total. The van der Waals surface area contributed by atoms with E-state index in [-0.39, 0.29) is 139 Å². The van der Waals surface area contributed by atoms with Crippen LogP contribution in [0.4, 0.5) is 56.9 Å². The van der Waals surface area contributed by atoms with E-state index in [0.717, 1.165) is 22.8 Å². The molecule has 689 valence electrons. The number of hydrogen-bond acceptors (Lipinski definition) is 16. The average Bonchev–Trinajstić information content (AvgIpc) is 1.55. The van der Waals surface area contributed by atoms with Gasteiger partial charge in [-0.3, -0.25) is 55.5 Å². The van der Waals surface area contributed by atoms with Crippen LogP contribution in [0, 0.1) is 81.7 Å². The van der Waals surface area contributed by atoms with Crippen LogP contribution in [0.5, 0.6) is 28.7 Å². The SMILES string of the molecule is C1CC1.CN1c2ccccc2C(C)(C)C12/C=C\C=C/c1cc([N+](=O)[O-])ccc1O2.C[N+]1=C(/C=C/C=C/c2cc([N+](=O)[O-])ccc2O)C(C)(C)c2ccccc21.C[N+]1=C(/C=C\C=C/c2cc([N+](=O)[O-])ccc2O)C(C)(C)c2ccccc21.C[N+]1=C(/C=C\C=C\c2cc([N+](=O)[O-])ccc2O)C(C)(C)c2ccccc21.C[NH+]1c2ccccc2C(C)(C)C1/C=C/C=C\c1cc([N+](=O)[O-])ccc1[O-].[U].[V]. The summed E-state index contributed by atoms with van der Waals surface area (Å²) in [7, 11) is 10.3. The van der Waals surface area contributed by atoms with Crippen LogP contribution in [0.25, 0.3) is 30.4 Å². The molecule has 1 radical (unpaired) electrons. The number of anilines is 1. The normalized spacial score (nSPS) is 18.6. The van der Waals surface area contributed by atoms with Crippen molar-refractivity contribution >= 4 is 104 Å². The minimum absolute atomic E-state index is 0. The number of para-hydroxylation sites is 5. The van der Waals surface area contributed by atoms with E-state index in [1.807, 2.05) is 137 Å². The van der Waals surface area contributed by atoms with Crippen molar-refractivity contribution < 1.29 is 118 Å². The second-order valence-electron chi connectivity index (χ2n) is 35.8. The van der Waals surface area contributed by atoms with Crippen molar-refractivity contribution in [1.82, 2.24) is 0 Å². The van der Waals surface area contributed by atoms with E-state index in [4.69, 9.17) is 4.74 Å². The van der Waals surface area contributed by atoms with Gasteiger partial charge in [-0.25, -0.2) is 0 Å². The molecule has 0 saturated heterocycles. The van der Waals surface area contributed by atoms with Crippen LogP contribution in [-0.2, 0) is 45.6 Å². The number of phenolic OH excluding ortho intramolecular Hbond substituents is 3. The Balaban J connectivity index is 0.000000172.